The molecule has 2 aromatic carbocycles. The van der Waals surface area contributed by atoms with Gasteiger partial charge < -0.3 is 5.32 Å². The van der Waals surface area contributed by atoms with E-state index in [1.165, 1.54) is 6.07 Å². The van der Waals surface area contributed by atoms with E-state index in [0.29, 0.717) is 11.0 Å². The topological polar surface area (TPSA) is 55.2 Å². The molecule has 19 heavy (non-hydrogen) atoms. The van der Waals surface area contributed by atoms with E-state index in [-0.39, 0.29) is 5.69 Å². The van der Waals surface area contributed by atoms with Gasteiger partial charge in [-0.3, -0.25) is 10.1 Å². The first-order valence-electron chi connectivity index (χ1n) is 5.48. The number of nitro benzene ring substituents is 1. The molecule has 0 radical (unpaired) electrons. The molecular formula is C13H10Br2N2O2. The van der Waals surface area contributed by atoms with Gasteiger partial charge in [-0.25, -0.2) is 0 Å². The van der Waals surface area contributed by atoms with E-state index < -0.39 is 4.92 Å². The molecule has 0 bridgehead atoms. The lowest BCUT2D eigenvalue weighted by Crippen LogP contribution is -2.00. The zero-order chi connectivity index (χ0) is 13.8. The first-order chi connectivity index (χ1) is 9.04. The number of nitro groups is 1. The van der Waals surface area contributed by atoms with Gasteiger partial charge in [-0.05, 0) is 29.8 Å². The Labute approximate surface area is 127 Å². The molecule has 0 aliphatic rings. The highest BCUT2D eigenvalue weighted by molar-refractivity contribution is 9.10. The molecule has 0 amide bonds. The van der Waals surface area contributed by atoms with Gasteiger partial charge in [0, 0.05) is 33.3 Å². The standard InChI is InChI=1S/C13H10Br2N2O2/c14-10-2-1-3-12(6-10)16-8-9-4-11(15)7-13(5-9)17(18)19/h1-7,16H,8H2. The molecule has 0 heterocycles. The van der Waals surface area contributed by atoms with Crippen molar-refractivity contribution in [1.29, 1.82) is 0 Å². The maximum atomic E-state index is 10.8. The van der Waals surface area contributed by atoms with E-state index in [1.54, 1.807) is 6.07 Å². The minimum atomic E-state index is -0.395. The first kappa shape index (κ1) is 14.0. The molecule has 98 valence electrons. The van der Waals surface area contributed by atoms with Gasteiger partial charge in [0.1, 0.15) is 0 Å². The van der Waals surface area contributed by atoms with E-state index >= 15 is 0 Å². The Morgan fingerprint density at radius 3 is 2.58 bits per heavy atom. The molecule has 0 unspecified atom stereocenters. The summed E-state index contributed by atoms with van der Waals surface area (Å²) in [5.41, 5.74) is 1.89. The van der Waals surface area contributed by atoms with E-state index in [0.717, 1.165) is 15.7 Å². The van der Waals surface area contributed by atoms with Gasteiger partial charge in [0.2, 0.25) is 0 Å². The summed E-state index contributed by atoms with van der Waals surface area (Å²) in [7, 11) is 0. The predicted molar refractivity (Wildman–Crippen MR) is 82.3 cm³/mol. The number of rotatable bonds is 4. The second-order valence-electron chi connectivity index (χ2n) is 3.94. The summed E-state index contributed by atoms with van der Waals surface area (Å²) in [6.07, 6.45) is 0. The monoisotopic (exact) mass is 384 g/mol. The lowest BCUT2D eigenvalue weighted by Gasteiger charge is -2.07. The highest BCUT2D eigenvalue weighted by Crippen LogP contribution is 2.22. The Balaban J connectivity index is 2.13. The third kappa shape index (κ3) is 4.04. The maximum absolute atomic E-state index is 10.8. The van der Waals surface area contributed by atoms with Crippen LogP contribution in [0.3, 0.4) is 0 Å². The van der Waals surface area contributed by atoms with Crippen LogP contribution in [-0.2, 0) is 6.54 Å². The van der Waals surface area contributed by atoms with E-state index in [1.807, 2.05) is 30.3 Å². The Bertz CT molecular complexity index is 617. The van der Waals surface area contributed by atoms with E-state index in [2.05, 4.69) is 37.2 Å². The Hall–Kier alpha value is -1.40. The fraction of sp³-hybridized carbons (Fsp3) is 0.0769. The van der Waals surface area contributed by atoms with Gasteiger partial charge in [0.05, 0.1) is 4.92 Å². The van der Waals surface area contributed by atoms with E-state index in [4.69, 9.17) is 0 Å². The van der Waals surface area contributed by atoms with Crippen LogP contribution < -0.4 is 5.32 Å². The Morgan fingerprint density at radius 2 is 1.89 bits per heavy atom. The quantitative estimate of drug-likeness (QED) is 0.611. The van der Waals surface area contributed by atoms with Crippen molar-refractivity contribution in [2.45, 2.75) is 6.54 Å². The molecule has 0 fully saturated rings. The fourth-order valence-corrected chi connectivity index (χ4v) is 2.57. The van der Waals surface area contributed by atoms with Crippen LogP contribution in [0.2, 0.25) is 0 Å². The summed E-state index contributed by atoms with van der Waals surface area (Å²) in [5.74, 6) is 0. The number of non-ortho nitro benzene ring substituents is 1. The van der Waals surface area contributed by atoms with Crippen molar-refractivity contribution in [3.63, 3.8) is 0 Å². The molecule has 0 saturated carbocycles. The fourth-order valence-electron chi connectivity index (χ4n) is 1.64. The summed E-state index contributed by atoms with van der Waals surface area (Å²) >= 11 is 6.67. The Kier molecular flexibility index (Phi) is 4.55. The number of hydrogen-bond acceptors (Lipinski definition) is 3. The number of anilines is 1. The number of halogens is 2. The lowest BCUT2D eigenvalue weighted by atomic mass is 10.2. The SMILES string of the molecule is O=[N+]([O-])c1cc(Br)cc(CNc2cccc(Br)c2)c1. The smallest absolute Gasteiger partial charge is 0.270 e. The van der Waals surface area contributed by atoms with Crippen LogP contribution >= 0.6 is 31.9 Å². The van der Waals surface area contributed by atoms with Crippen molar-refractivity contribution >= 4 is 43.2 Å². The first-order valence-corrected chi connectivity index (χ1v) is 7.06. The highest BCUT2D eigenvalue weighted by atomic mass is 79.9. The molecule has 0 aliphatic heterocycles. The lowest BCUT2D eigenvalue weighted by molar-refractivity contribution is -0.385. The van der Waals surface area contributed by atoms with Crippen molar-refractivity contribution in [2.24, 2.45) is 0 Å². The summed E-state index contributed by atoms with van der Waals surface area (Å²) in [6, 6.07) is 12.7. The summed E-state index contributed by atoms with van der Waals surface area (Å²) in [4.78, 5) is 10.4. The zero-order valence-corrected chi connectivity index (χ0v) is 12.9. The van der Waals surface area contributed by atoms with Crippen LogP contribution in [0.25, 0.3) is 0 Å². The number of nitrogens with one attached hydrogen (secondary N) is 1. The van der Waals surface area contributed by atoms with E-state index in [9.17, 15) is 10.1 Å². The molecule has 0 atom stereocenters. The average Bonchev–Trinajstić information content (AvgIpc) is 2.36. The molecule has 0 aromatic heterocycles. The molecule has 0 spiro atoms. The second kappa shape index (κ2) is 6.16. The van der Waals surface area contributed by atoms with Crippen LogP contribution in [0.1, 0.15) is 5.56 Å². The van der Waals surface area contributed by atoms with Gasteiger partial charge in [0.15, 0.2) is 0 Å². The van der Waals surface area contributed by atoms with Crippen LogP contribution in [0, 0.1) is 10.1 Å². The maximum Gasteiger partial charge on any atom is 0.270 e. The number of benzene rings is 2. The van der Waals surface area contributed by atoms with Gasteiger partial charge in [-0.15, -0.1) is 0 Å². The molecular weight excluding hydrogens is 376 g/mol. The van der Waals surface area contributed by atoms with Gasteiger partial charge in [-0.2, -0.15) is 0 Å². The van der Waals surface area contributed by atoms with Gasteiger partial charge in [-0.1, -0.05) is 37.9 Å². The van der Waals surface area contributed by atoms with Crippen molar-refractivity contribution in [3.05, 3.63) is 67.1 Å². The largest absolute Gasteiger partial charge is 0.381 e. The second-order valence-corrected chi connectivity index (χ2v) is 5.77. The molecule has 0 saturated heterocycles. The number of nitrogens with zero attached hydrogens (tertiary/aromatic N) is 1. The summed E-state index contributed by atoms with van der Waals surface area (Å²) < 4.78 is 1.69. The van der Waals surface area contributed by atoms with Crippen molar-refractivity contribution < 1.29 is 4.92 Å². The Morgan fingerprint density at radius 1 is 1.11 bits per heavy atom. The zero-order valence-electron chi connectivity index (χ0n) is 9.77. The van der Waals surface area contributed by atoms with Crippen LogP contribution in [0.4, 0.5) is 11.4 Å². The van der Waals surface area contributed by atoms with Crippen LogP contribution in [0.5, 0.6) is 0 Å². The van der Waals surface area contributed by atoms with Gasteiger partial charge >= 0.3 is 0 Å². The summed E-state index contributed by atoms with van der Waals surface area (Å²) in [5, 5.41) is 14.0. The third-order valence-corrected chi connectivity index (χ3v) is 3.43. The molecule has 4 nitrogen and oxygen atoms in total. The number of hydrogen-bond donors (Lipinski definition) is 1. The van der Waals surface area contributed by atoms with Gasteiger partial charge in [0.25, 0.3) is 5.69 Å². The van der Waals surface area contributed by atoms with Crippen molar-refractivity contribution in [1.82, 2.24) is 0 Å². The molecule has 1 N–H and O–H groups in total. The van der Waals surface area contributed by atoms with Crippen molar-refractivity contribution in [2.75, 3.05) is 5.32 Å². The normalized spacial score (nSPS) is 10.2. The minimum Gasteiger partial charge on any atom is -0.381 e. The van der Waals surface area contributed by atoms with Crippen molar-refractivity contribution in [3.8, 4) is 0 Å². The highest BCUT2D eigenvalue weighted by Gasteiger charge is 2.08. The summed E-state index contributed by atoms with van der Waals surface area (Å²) in [6.45, 7) is 0.525. The van der Waals surface area contributed by atoms with Crippen LogP contribution in [0.15, 0.2) is 51.4 Å². The predicted octanol–water partition coefficient (Wildman–Crippen LogP) is 4.73. The molecule has 0 aliphatic carbocycles. The molecule has 2 rings (SSSR count). The minimum absolute atomic E-state index is 0.0837. The molecule has 2 aromatic rings. The average molecular weight is 386 g/mol. The van der Waals surface area contributed by atoms with Crippen LogP contribution in [-0.4, -0.2) is 4.92 Å². The third-order valence-electron chi connectivity index (χ3n) is 2.47. The molecule has 6 heteroatoms.